The lowest BCUT2D eigenvalue weighted by Gasteiger charge is -2.24. The van der Waals surface area contributed by atoms with Gasteiger partial charge >= 0.3 is 0 Å². The molecule has 2 rings (SSSR count). The molecule has 4 heteroatoms. The average Bonchev–Trinajstić information content (AvgIpc) is 2.55. The Bertz CT molecular complexity index is 420. The van der Waals surface area contributed by atoms with Gasteiger partial charge in [0.1, 0.15) is 17.7 Å². The van der Waals surface area contributed by atoms with E-state index >= 15 is 0 Å². The SMILES string of the molecule is CC(O)c1ccc(F)cc1OC1CCCCCC1O. The van der Waals surface area contributed by atoms with Gasteiger partial charge in [0.15, 0.2) is 0 Å². The third-order valence-electron chi connectivity index (χ3n) is 3.62. The van der Waals surface area contributed by atoms with Gasteiger partial charge in [-0.3, -0.25) is 0 Å². The molecule has 1 aliphatic carbocycles. The lowest BCUT2D eigenvalue weighted by atomic mass is 10.1. The topological polar surface area (TPSA) is 49.7 Å². The van der Waals surface area contributed by atoms with E-state index in [0.29, 0.717) is 17.7 Å². The van der Waals surface area contributed by atoms with Gasteiger partial charge in [-0.15, -0.1) is 0 Å². The Morgan fingerprint density at radius 2 is 2.00 bits per heavy atom. The van der Waals surface area contributed by atoms with Crippen LogP contribution in [0.3, 0.4) is 0 Å². The number of rotatable bonds is 3. The molecule has 0 heterocycles. The first-order valence-corrected chi connectivity index (χ1v) is 6.90. The predicted octanol–water partition coefficient (Wildman–Crippen LogP) is 2.95. The molecule has 3 unspecified atom stereocenters. The third kappa shape index (κ3) is 3.67. The number of aliphatic hydroxyl groups is 2. The highest BCUT2D eigenvalue weighted by molar-refractivity contribution is 5.35. The molecule has 0 aliphatic heterocycles. The second kappa shape index (κ2) is 6.35. The van der Waals surface area contributed by atoms with Crippen molar-refractivity contribution < 1.29 is 19.3 Å². The molecule has 0 aromatic heterocycles. The summed E-state index contributed by atoms with van der Waals surface area (Å²) in [7, 11) is 0. The standard InChI is InChI=1S/C15H21FO3/c1-10(17)12-8-7-11(16)9-15(12)19-14-6-4-2-3-5-13(14)18/h7-10,13-14,17-18H,2-6H2,1H3. The Hall–Kier alpha value is -1.13. The Morgan fingerprint density at radius 3 is 2.74 bits per heavy atom. The van der Waals surface area contributed by atoms with Crippen LogP contribution in [0.15, 0.2) is 18.2 Å². The summed E-state index contributed by atoms with van der Waals surface area (Å²) < 4.78 is 19.1. The lowest BCUT2D eigenvalue weighted by Crippen LogP contribution is -2.31. The Balaban J connectivity index is 2.18. The molecule has 2 N–H and O–H groups in total. The molecule has 19 heavy (non-hydrogen) atoms. The van der Waals surface area contributed by atoms with Crippen LogP contribution in [-0.2, 0) is 0 Å². The Labute approximate surface area is 113 Å². The van der Waals surface area contributed by atoms with E-state index in [1.807, 2.05) is 0 Å². The summed E-state index contributed by atoms with van der Waals surface area (Å²) in [6, 6.07) is 4.11. The number of benzene rings is 1. The number of aliphatic hydroxyl groups excluding tert-OH is 2. The van der Waals surface area contributed by atoms with Crippen LogP contribution in [0.25, 0.3) is 0 Å². The summed E-state index contributed by atoms with van der Waals surface area (Å²) in [5.41, 5.74) is 0.554. The molecule has 1 aromatic rings. The van der Waals surface area contributed by atoms with Crippen molar-refractivity contribution in [2.45, 2.75) is 57.3 Å². The molecule has 0 saturated heterocycles. The van der Waals surface area contributed by atoms with Crippen molar-refractivity contribution in [1.82, 2.24) is 0 Å². The van der Waals surface area contributed by atoms with Gasteiger partial charge in [-0.25, -0.2) is 4.39 Å². The zero-order valence-corrected chi connectivity index (χ0v) is 11.2. The molecule has 0 amide bonds. The van der Waals surface area contributed by atoms with Gasteiger partial charge < -0.3 is 14.9 Å². The van der Waals surface area contributed by atoms with E-state index < -0.39 is 18.0 Å². The summed E-state index contributed by atoms with van der Waals surface area (Å²) in [6.45, 7) is 1.61. The van der Waals surface area contributed by atoms with E-state index in [-0.39, 0.29) is 6.10 Å². The van der Waals surface area contributed by atoms with Crippen molar-refractivity contribution in [3.8, 4) is 5.75 Å². The normalized spacial score (nSPS) is 25.7. The molecule has 0 spiro atoms. The summed E-state index contributed by atoms with van der Waals surface area (Å²) >= 11 is 0. The summed E-state index contributed by atoms with van der Waals surface area (Å²) in [6.07, 6.45) is 2.99. The highest BCUT2D eigenvalue weighted by Crippen LogP contribution is 2.30. The van der Waals surface area contributed by atoms with Gasteiger partial charge in [0.25, 0.3) is 0 Å². The van der Waals surface area contributed by atoms with Crippen molar-refractivity contribution in [2.24, 2.45) is 0 Å². The molecule has 3 atom stereocenters. The minimum Gasteiger partial charge on any atom is -0.487 e. The maximum atomic E-state index is 13.3. The fourth-order valence-electron chi connectivity index (χ4n) is 2.51. The van der Waals surface area contributed by atoms with E-state index in [0.717, 1.165) is 25.7 Å². The second-order valence-electron chi connectivity index (χ2n) is 5.22. The van der Waals surface area contributed by atoms with Gasteiger partial charge in [0.05, 0.1) is 12.2 Å². The van der Waals surface area contributed by atoms with E-state index in [1.54, 1.807) is 6.92 Å². The molecular weight excluding hydrogens is 247 g/mol. The van der Waals surface area contributed by atoms with Crippen LogP contribution in [-0.4, -0.2) is 22.4 Å². The number of ether oxygens (including phenoxy) is 1. The minimum atomic E-state index is -0.724. The van der Waals surface area contributed by atoms with Crippen LogP contribution in [0.2, 0.25) is 0 Å². The molecule has 106 valence electrons. The van der Waals surface area contributed by atoms with Crippen molar-refractivity contribution in [3.63, 3.8) is 0 Å². The number of hydrogen-bond acceptors (Lipinski definition) is 3. The zero-order valence-electron chi connectivity index (χ0n) is 11.2. The lowest BCUT2D eigenvalue weighted by molar-refractivity contribution is 0.0297. The van der Waals surface area contributed by atoms with Gasteiger partial charge in [0, 0.05) is 11.6 Å². The maximum absolute atomic E-state index is 13.3. The molecular formula is C15H21FO3. The molecule has 1 fully saturated rings. The van der Waals surface area contributed by atoms with Gasteiger partial charge in [-0.2, -0.15) is 0 Å². The van der Waals surface area contributed by atoms with E-state index in [2.05, 4.69) is 0 Å². The zero-order chi connectivity index (χ0) is 13.8. The van der Waals surface area contributed by atoms with Crippen LogP contribution in [0.5, 0.6) is 5.75 Å². The number of hydrogen-bond donors (Lipinski definition) is 2. The fraction of sp³-hybridized carbons (Fsp3) is 0.600. The molecule has 0 bridgehead atoms. The quantitative estimate of drug-likeness (QED) is 0.829. The van der Waals surface area contributed by atoms with Crippen LogP contribution >= 0.6 is 0 Å². The van der Waals surface area contributed by atoms with Gasteiger partial charge in [0.2, 0.25) is 0 Å². The predicted molar refractivity (Wildman–Crippen MR) is 70.5 cm³/mol. The average molecular weight is 268 g/mol. The summed E-state index contributed by atoms with van der Waals surface area (Å²) in [5.74, 6) is -0.0662. The van der Waals surface area contributed by atoms with Crippen molar-refractivity contribution in [2.75, 3.05) is 0 Å². The summed E-state index contributed by atoms with van der Waals surface area (Å²) in [4.78, 5) is 0. The largest absolute Gasteiger partial charge is 0.487 e. The summed E-state index contributed by atoms with van der Waals surface area (Å²) in [5, 5.41) is 19.7. The molecule has 1 aliphatic rings. The van der Waals surface area contributed by atoms with Gasteiger partial charge in [-0.1, -0.05) is 12.8 Å². The van der Waals surface area contributed by atoms with Crippen LogP contribution in [0.1, 0.15) is 50.7 Å². The van der Waals surface area contributed by atoms with Crippen molar-refractivity contribution in [3.05, 3.63) is 29.6 Å². The minimum absolute atomic E-state index is 0.318. The smallest absolute Gasteiger partial charge is 0.128 e. The van der Waals surface area contributed by atoms with E-state index in [4.69, 9.17) is 4.74 Å². The first kappa shape index (κ1) is 14.3. The highest BCUT2D eigenvalue weighted by atomic mass is 19.1. The van der Waals surface area contributed by atoms with Crippen LogP contribution < -0.4 is 4.74 Å². The molecule has 1 aromatic carbocycles. The van der Waals surface area contributed by atoms with E-state index in [9.17, 15) is 14.6 Å². The Kier molecular flexibility index (Phi) is 4.77. The van der Waals surface area contributed by atoms with E-state index in [1.165, 1.54) is 18.2 Å². The van der Waals surface area contributed by atoms with Crippen LogP contribution in [0, 0.1) is 5.82 Å². The maximum Gasteiger partial charge on any atom is 0.128 e. The first-order valence-electron chi connectivity index (χ1n) is 6.90. The molecule has 3 nitrogen and oxygen atoms in total. The van der Waals surface area contributed by atoms with Crippen LogP contribution in [0.4, 0.5) is 4.39 Å². The fourth-order valence-corrected chi connectivity index (χ4v) is 2.51. The van der Waals surface area contributed by atoms with Gasteiger partial charge in [-0.05, 0) is 38.3 Å². The van der Waals surface area contributed by atoms with Crippen molar-refractivity contribution in [1.29, 1.82) is 0 Å². The number of halogens is 1. The molecule has 1 saturated carbocycles. The second-order valence-corrected chi connectivity index (χ2v) is 5.22. The molecule has 0 radical (unpaired) electrons. The monoisotopic (exact) mass is 268 g/mol. The van der Waals surface area contributed by atoms with Crippen molar-refractivity contribution >= 4 is 0 Å². The first-order chi connectivity index (χ1) is 9.08. The highest BCUT2D eigenvalue weighted by Gasteiger charge is 2.24. The Morgan fingerprint density at radius 1 is 1.26 bits per heavy atom. The third-order valence-corrected chi connectivity index (χ3v) is 3.62.